The predicted octanol–water partition coefficient (Wildman–Crippen LogP) is 0.275. The third kappa shape index (κ3) is 2.69. The Labute approximate surface area is 89.1 Å². The van der Waals surface area contributed by atoms with E-state index in [0.29, 0.717) is 25.3 Å². The molecule has 0 unspecified atom stereocenters. The average Bonchev–Trinajstić information content (AvgIpc) is 2.98. The third-order valence-corrected chi connectivity index (χ3v) is 5.09. The van der Waals surface area contributed by atoms with Crippen molar-refractivity contribution in [1.82, 2.24) is 4.31 Å². The van der Waals surface area contributed by atoms with Gasteiger partial charge < -0.3 is 5.11 Å². The lowest BCUT2D eigenvalue weighted by atomic mass is 10.4. The summed E-state index contributed by atoms with van der Waals surface area (Å²) in [6.45, 7) is 0.0144. The highest BCUT2D eigenvalue weighted by Gasteiger charge is 2.42. The Balaban J connectivity index is 2.04. The van der Waals surface area contributed by atoms with Gasteiger partial charge in [0.1, 0.15) is 6.54 Å². The van der Waals surface area contributed by atoms with Crippen LogP contribution in [-0.2, 0) is 14.8 Å². The highest BCUT2D eigenvalue weighted by molar-refractivity contribution is 7.90. The van der Waals surface area contributed by atoms with Gasteiger partial charge in [-0.05, 0) is 31.6 Å². The minimum Gasteiger partial charge on any atom is -0.480 e. The van der Waals surface area contributed by atoms with Crippen molar-refractivity contribution in [3.63, 3.8) is 0 Å². The summed E-state index contributed by atoms with van der Waals surface area (Å²) in [5, 5.41) is 8.37. The van der Waals surface area contributed by atoms with Crippen LogP contribution >= 0.6 is 0 Å². The summed E-state index contributed by atoms with van der Waals surface area (Å²) >= 11 is 0. The van der Waals surface area contributed by atoms with Gasteiger partial charge in [-0.1, -0.05) is 0 Å². The van der Waals surface area contributed by atoms with Gasteiger partial charge >= 0.3 is 5.97 Å². The lowest BCUT2D eigenvalue weighted by molar-refractivity contribution is -0.137. The summed E-state index contributed by atoms with van der Waals surface area (Å²) in [5.74, 6) is -0.683. The number of hydrogen-bond donors (Lipinski definition) is 1. The zero-order valence-electron chi connectivity index (χ0n) is 8.42. The fourth-order valence-electron chi connectivity index (χ4n) is 1.57. The molecule has 15 heavy (non-hydrogen) atoms. The molecule has 5 nitrogen and oxygen atoms in total. The van der Waals surface area contributed by atoms with Crippen LogP contribution in [0.4, 0.5) is 0 Å². The molecule has 0 atom stereocenters. The smallest absolute Gasteiger partial charge is 0.318 e. The highest BCUT2D eigenvalue weighted by Crippen LogP contribution is 2.35. The molecule has 0 amide bonds. The predicted molar refractivity (Wildman–Crippen MR) is 53.9 cm³/mol. The Hall–Kier alpha value is -0.620. The van der Waals surface area contributed by atoms with E-state index in [0.717, 1.165) is 17.1 Å². The molecule has 2 rings (SSSR count). The number of carbonyl (C=O) groups is 1. The van der Waals surface area contributed by atoms with E-state index in [9.17, 15) is 13.2 Å². The molecule has 1 N–H and O–H groups in total. The molecule has 0 radical (unpaired) electrons. The van der Waals surface area contributed by atoms with Crippen LogP contribution in [0.15, 0.2) is 0 Å². The van der Waals surface area contributed by atoms with Gasteiger partial charge in [-0.2, -0.15) is 4.31 Å². The molecule has 0 aromatic heterocycles. The number of nitrogens with zero attached hydrogens (tertiary/aromatic N) is 1. The number of rotatable bonds is 6. The molecular formula is C9H15NO4S. The Bertz CT molecular complexity index is 356. The van der Waals surface area contributed by atoms with Crippen LogP contribution in [0.25, 0.3) is 0 Å². The molecule has 2 fully saturated rings. The van der Waals surface area contributed by atoms with Crippen LogP contribution in [0.2, 0.25) is 0 Å². The van der Waals surface area contributed by atoms with Crippen molar-refractivity contribution in [2.75, 3.05) is 13.1 Å². The minimum absolute atomic E-state index is 0.310. The Morgan fingerprint density at radius 2 is 1.87 bits per heavy atom. The summed E-state index contributed by atoms with van der Waals surface area (Å²) in [4.78, 5) is 10.6. The zero-order chi connectivity index (χ0) is 11.1. The molecule has 2 aliphatic carbocycles. The molecule has 86 valence electrons. The molecule has 0 heterocycles. The second kappa shape index (κ2) is 3.75. The van der Waals surface area contributed by atoms with E-state index in [1.54, 1.807) is 0 Å². The summed E-state index contributed by atoms with van der Waals surface area (Å²) in [7, 11) is -3.33. The van der Waals surface area contributed by atoms with E-state index in [2.05, 4.69) is 0 Å². The first-order valence-electron chi connectivity index (χ1n) is 5.21. The van der Waals surface area contributed by atoms with Gasteiger partial charge in [0.15, 0.2) is 0 Å². The Morgan fingerprint density at radius 3 is 2.27 bits per heavy atom. The average molecular weight is 233 g/mol. The van der Waals surface area contributed by atoms with Gasteiger partial charge in [-0.25, -0.2) is 8.42 Å². The van der Waals surface area contributed by atoms with Crippen molar-refractivity contribution in [2.45, 2.75) is 30.9 Å². The number of aliphatic carboxylic acids is 1. The lowest BCUT2D eigenvalue weighted by Gasteiger charge is -2.19. The standard InChI is InChI=1S/C9H15NO4S/c11-9(12)6-10(5-7-1-2-7)15(13,14)8-3-4-8/h7-8H,1-6H2,(H,11,12). The molecule has 0 spiro atoms. The van der Waals surface area contributed by atoms with Crippen LogP contribution in [0.1, 0.15) is 25.7 Å². The van der Waals surface area contributed by atoms with Gasteiger partial charge in [0.05, 0.1) is 5.25 Å². The van der Waals surface area contributed by atoms with Crippen LogP contribution in [0, 0.1) is 5.92 Å². The topological polar surface area (TPSA) is 74.7 Å². The van der Waals surface area contributed by atoms with Gasteiger partial charge in [-0.3, -0.25) is 4.79 Å². The number of carboxylic acids is 1. The second-order valence-electron chi connectivity index (χ2n) is 4.37. The Kier molecular flexibility index (Phi) is 2.72. The normalized spacial score (nSPS) is 21.9. The molecule has 0 aromatic carbocycles. The van der Waals surface area contributed by atoms with Crippen molar-refractivity contribution >= 4 is 16.0 Å². The van der Waals surface area contributed by atoms with Gasteiger partial charge in [0.25, 0.3) is 0 Å². The number of sulfonamides is 1. The first kappa shape index (κ1) is 10.9. The van der Waals surface area contributed by atoms with E-state index in [4.69, 9.17) is 5.11 Å². The summed E-state index contributed by atoms with van der Waals surface area (Å²) in [5.41, 5.74) is 0. The van der Waals surface area contributed by atoms with E-state index >= 15 is 0 Å². The van der Waals surface area contributed by atoms with Crippen molar-refractivity contribution in [1.29, 1.82) is 0 Å². The van der Waals surface area contributed by atoms with Gasteiger partial charge in [-0.15, -0.1) is 0 Å². The van der Waals surface area contributed by atoms with E-state index in [1.165, 1.54) is 0 Å². The minimum atomic E-state index is -3.33. The highest BCUT2D eigenvalue weighted by atomic mass is 32.2. The summed E-state index contributed by atoms with van der Waals surface area (Å²) in [6.07, 6.45) is 3.42. The molecule has 2 aliphatic rings. The SMILES string of the molecule is O=C(O)CN(CC1CC1)S(=O)(=O)C1CC1. The molecule has 0 aliphatic heterocycles. The first-order chi connectivity index (χ1) is 7.00. The van der Waals surface area contributed by atoms with Gasteiger partial charge in [0, 0.05) is 6.54 Å². The van der Waals surface area contributed by atoms with E-state index < -0.39 is 16.0 Å². The molecular weight excluding hydrogens is 218 g/mol. The van der Waals surface area contributed by atoms with Crippen LogP contribution in [-0.4, -0.2) is 42.1 Å². The third-order valence-electron chi connectivity index (χ3n) is 2.78. The van der Waals surface area contributed by atoms with Crippen molar-refractivity contribution in [3.8, 4) is 0 Å². The number of carboxylic acid groups (broad SMARTS) is 1. The summed E-state index contributed by atoms with van der Waals surface area (Å²) in [6, 6.07) is 0. The summed E-state index contributed by atoms with van der Waals surface area (Å²) < 4.78 is 24.9. The fourth-order valence-corrected chi connectivity index (χ4v) is 3.44. The molecule has 6 heteroatoms. The van der Waals surface area contributed by atoms with E-state index in [1.807, 2.05) is 0 Å². The molecule has 0 aromatic rings. The van der Waals surface area contributed by atoms with Crippen LogP contribution < -0.4 is 0 Å². The molecule has 0 bridgehead atoms. The maximum atomic E-state index is 11.9. The second-order valence-corrected chi connectivity index (χ2v) is 6.59. The fraction of sp³-hybridized carbons (Fsp3) is 0.889. The van der Waals surface area contributed by atoms with Crippen LogP contribution in [0.3, 0.4) is 0 Å². The van der Waals surface area contributed by atoms with Crippen molar-refractivity contribution in [3.05, 3.63) is 0 Å². The largest absolute Gasteiger partial charge is 0.480 e. The molecule has 0 saturated heterocycles. The van der Waals surface area contributed by atoms with Gasteiger partial charge in [0.2, 0.25) is 10.0 Å². The first-order valence-corrected chi connectivity index (χ1v) is 6.71. The Morgan fingerprint density at radius 1 is 1.27 bits per heavy atom. The van der Waals surface area contributed by atoms with E-state index in [-0.39, 0.29) is 11.8 Å². The number of hydrogen-bond acceptors (Lipinski definition) is 3. The van der Waals surface area contributed by atoms with Crippen LogP contribution in [0.5, 0.6) is 0 Å². The monoisotopic (exact) mass is 233 g/mol. The maximum Gasteiger partial charge on any atom is 0.318 e. The maximum absolute atomic E-state index is 11.9. The van der Waals surface area contributed by atoms with Crippen molar-refractivity contribution in [2.24, 2.45) is 5.92 Å². The van der Waals surface area contributed by atoms with Crippen molar-refractivity contribution < 1.29 is 18.3 Å². The lowest BCUT2D eigenvalue weighted by Crippen LogP contribution is -2.39. The zero-order valence-corrected chi connectivity index (χ0v) is 9.24. The molecule has 2 saturated carbocycles. The quantitative estimate of drug-likeness (QED) is 0.714.